The highest BCUT2D eigenvalue weighted by atomic mass is 15.1. The van der Waals surface area contributed by atoms with Crippen LogP contribution >= 0.6 is 0 Å². The Hall–Kier alpha value is -7.68. The highest BCUT2D eigenvalue weighted by Gasteiger charge is 2.19. The Morgan fingerprint density at radius 2 is 0.617 bits per heavy atom. The minimum absolute atomic E-state index is 1.09. The summed E-state index contributed by atoms with van der Waals surface area (Å²) in [7, 11) is 0. The second kappa shape index (κ2) is 15.9. The van der Waals surface area contributed by atoms with Crippen molar-refractivity contribution in [3.05, 3.63) is 242 Å². The zero-order valence-electron chi connectivity index (χ0n) is 33.8. The van der Waals surface area contributed by atoms with Crippen LogP contribution < -0.4 is 9.80 Å². The second-order valence-corrected chi connectivity index (χ2v) is 15.6. The van der Waals surface area contributed by atoms with E-state index in [9.17, 15) is 0 Å². The maximum Gasteiger partial charge on any atom is 0.0540 e. The van der Waals surface area contributed by atoms with Gasteiger partial charge in [-0.15, -0.1) is 0 Å². The van der Waals surface area contributed by atoms with E-state index in [0.29, 0.717) is 0 Å². The zero-order valence-corrected chi connectivity index (χ0v) is 33.8. The molecule has 0 saturated heterocycles. The maximum absolute atomic E-state index is 2.42. The third-order valence-corrected chi connectivity index (χ3v) is 11.5. The lowest BCUT2D eigenvalue weighted by atomic mass is 9.96. The number of rotatable bonds is 9. The predicted octanol–water partition coefficient (Wildman–Crippen LogP) is 16.6. The van der Waals surface area contributed by atoms with Crippen molar-refractivity contribution >= 4 is 55.7 Å². The molecule has 0 aliphatic heterocycles. The van der Waals surface area contributed by atoms with Crippen LogP contribution in [0.2, 0.25) is 0 Å². The van der Waals surface area contributed by atoms with Crippen LogP contribution in [0.1, 0.15) is 11.1 Å². The summed E-state index contributed by atoms with van der Waals surface area (Å²) in [5, 5.41) is 4.85. The van der Waals surface area contributed by atoms with Crippen LogP contribution in [-0.4, -0.2) is 0 Å². The van der Waals surface area contributed by atoms with Crippen molar-refractivity contribution in [3.8, 4) is 33.4 Å². The molecule has 0 radical (unpaired) electrons. The lowest BCUT2D eigenvalue weighted by Crippen LogP contribution is -2.11. The van der Waals surface area contributed by atoms with Gasteiger partial charge in [0.05, 0.1) is 11.4 Å². The Balaban J connectivity index is 1.07. The second-order valence-electron chi connectivity index (χ2n) is 15.6. The van der Waals surface area contributed by atoms with Crippen molar-refractivity contribution in [2.75, 3.05) is 9.80 Å². The fraction of sp³-hybridized carbons (Fsp3) is 0.0345. The number of hydrogen-bond acceptors (Lipinski definition) is 2. The summed E-state index contributed by atoms with van der Waals surface area (Å²) in [6, 6.07) is 83.7. The van der Waals surface area contributed by atoms with Gasteiger partial charge in [-0.3, -0.25) is 0 Å². The molecule has 0 N–H and O–H groups in total. The molecule has 0 bridgehead atoms. The smallest absolute Gasteiger partial charge is 0.0540 e. The van der Waals surface area contributed by atoms with E-state index >= 15 is 0 Å². The molecule has 0 unspecified atom stereocenters. The van der Waals surface area contributed by atoms with Crippen LogP contribution in [0, 0.1) is 13.8 Å². The molecular weight excluding hydrogens is 725 g/mol. The lowest BCUT2D eigenvalue weighted by molar-refractivity contribution is 1.26. The minimum atomic E-state index is 1.09. The van der Waals surface area contributed by atoms with E-state index in [0.717, 1.165) is 45.3 Å². The first-order chi connectivity index (χ1) is 29.6. The Morgan fingerprint density at radius 3 is 1.07 bits per heavy atom. The zero-order chi connectivity index (χ0) is 40.4. The SMILES string of the molecule is Cc1cc(C)cc(N(c2ccc(-c3ccc(N(c4cc(-c5ccccc5)cc(-c5ccccc5)c4)c4cccc5ccccc45)cc3)cc2)c2cccc3ccccc23)c1. The highest BCUT2D eigenvalue weighted by molar-refractivity contribution is 6.01. The normalized spacial score (nSPS) is 11.2. The molecule has 0 aliphatic carbocycles. The topological polar surface area (TPSA) is 6.48 Å². The molecule has 0 amide bonds. The largest absolute Gasteiger partial charge is 0.310 e. The molecule has 0 heterocycles. The summed E-state index contributed by atoms with van der Waals surface area (Å²) in [4.78, 5) is 4.81. The molecule has 60 heavy (non-hydrogen) atoms. The molecule has 0 fully saturated rings. The van der Waals surface area contributed by atoms with Gasteiger partial charge in [-0.1, -0.05) is 164 Å². The molecular formula is C58H44N2. The van der Waals surface area contributed by atoms with E-state index in [1.54, 1.807) is 0 Å². The summed E-state index contributed by atoms with van der Waals surface area (Å²) in [6.45, 7) is 4.35. The van der Waals surface area contributed by atoms with E-state index in [2.05, 4.69) is 254 Å². The average molecular weight is 769 g/mol. The Labute approximate surface area is 352 Å². The standard InChI is InChI=1S/C58H44N2/c1-41-35-42(2)37-53(36-41)59(57-25-13-21-47-19-9-11-23-55(47)57)51-31-27-45(28-32-51)46-29-33-52(34-30-46)60(58-26-14-22-48-20-10-12-24-56(48)58)54-39-49(43-15-5-3-6-16-43)38-50(40-54)44-17-7-4-8-18-44/h3-40H,1-2H3. The van der Waals surface area contributed by atoms with Crippen molar-refractivity contribution < 1.29 is 0 Å². The minimum Gasteiger partial charge on any atom is -0.310 e. The van der Waals surface area contributed by atoms with E-state index in [4.69, 9.17) is 0 Å². The Morgan fingerprint density at radius 1 is 0.250 bits per heavy atom. The maximum atomic E-state index is 2.42. The van der Waals surface area contributed by atoms with E-state index in [-0.39, 0.29) is 0 Å². The van der Waals surface area contributed by atoms with Gasteiger partial charge in [0, 0.05) is 33.5 Å². The molecule has 286 valence electrons. The van der Waals surface area contributed by atoms with Gasteiger partial charge in [-0.2, -0.15) is 0 Å². The molecule has 10 aromatic carbocycles. The number of hydrogen-bond donors (Lipinski definition) is 0. The average Bonchev–Trinajstić information content (AvgIpc) is 3.30. The number of aryl methyl sites for hydroxylation is 2. The number of fused-ring (bicyclic) bond motifs is 2. The van der Waals surface area contributed by atoms with Gasteiger partial charge in [-0.05, 0) is 136 Å². The number of benzene rings is 10. The fourth-order valence-corrected chi connectivity index (χ4v) is 8.68. The Kier molecular flexibility index (Phi) is 9.73. The van der Waals surface area contributed by atoms with Crippen LogP contribution in [0.25, 0.3) is 54.9 Å². The molecule has 0 atom stereocenters. The predicted molar refractivity (Wildman–Crippen MR) is 257 cm³/mol. The monoisotopic (exact) mass is 768 g/mol. The van der Waals surface area contributed by atoms with Crippen molar-refractivity contribution in [1.82, 2.24) is 0 Å². The summed E-state index contributed by atoms with van der Waals surface area (Å²) in [5.41, 5.74) is 16.3. The molecule has 2 heteroatoms. The van der Waals surface area contributed by atoms with E-state index in [1.807, 2.05) is 0 Å². The first-order valence-corrected chi connectivity index (χ1v) is 20.7. The molecule has 0 saturated carbocycles. The van der Waals surface area contributed by atoms with Crippen LogP contribution in [-0.2, 0) is 0 Å². The van der Waals surface area contributed by atoms with Gasteiger partial charge >= 0.3 is 0 Å². The van der Waals surface area contributed by atoms with Gasteiger partial charge in [0.2, 0.25) is 0 Å². The van der Waals surface area contributed by atoms with Gasteiger partial charge in [0.15, 0.2) is 0 Å². The molecule has 2 nitrogen and oxygen atoms in total. The number of nitrogens with zero attached hydrogens (tertiary/aromatic N) is 2. The third kappa shape index (κ3) is 7.21. The van der Waals surface area contributed by atoms with Crippen molar-refractivity contribution in [1.29, 1.82) is 0 Å². The summed E-state index contributed by atoms with van der Waals surface area (Å²) in [6.07, 6.45) is 0. The fourth-order valence-electron chi connectivity index (χ4n) is 8.68. The van der Waals surface area contributed by atoms with Crippen molar-refractivity contribution in [3.63, 3.8) is 0 Å². The lowest BCUT2D eigenvalue weighted by Gasteiger charge is -2.28. The van der Waals surface area contributed by atoms with Gasteiger partial charge < -0.3 is 9.80 Å². The quantitative estimate of drug-likeness (QED) is 0.144. The van der Waals surface area contributed by atoms with Gasteiger partial charge in [0.1, 0.15) is 0 Å². The third-order valence-electron chi connectivity index (χ3n) is 11.5. The van der Waals surface area contributed by atoms with Gasteiger partial charge in [-0.25, -0.2) is 0 Å². The van der Waals surface area contributed by atoms with E-state index in [1.165, 1.54) is 54.9 Å². The molecule has 10 rings (SSSR count). The highest BCUT2D eigenvalue weighted by Crippen LogP contribution is 2.44. The first kappa shape index (κ1) is 36.6. The number of anilines is 6. The van der Waals surface area contributed by atoms with Crippen molar-refractivity contribution in [2.45, 2.75) is 13.8 Å². The molecule has 0 aliphatic rings. The summed E-state index contributed by atoms with van der Waals surface area (Å²) in [5.74, 6) is 0. The molecule has 0 spiro atoms. The van der Waals surface area contributed by atoms with Crippen LogP contribution in [0.4, 0.5) is 34.1 Å². The Bertz CT molecular complexity index is 3010. The molecule has 10 aromatic rings. The summed E-state index contributed by atoms with van der Waals surface area (Å²) < 4.78 is 0. The van der Waals surface area contributed by atoms with Crippen LogP contribution in [0.15, 0.2) is 231 Å². The molecule has 0 aromatic heterocycles. The van der Waals surface area contributed by atoms with Gasteiger partial charge in [0.25, 0.3) is 0 Å². The van der Waals surface area contributed by atoms with Crippen molar-refractivity contribution in [2.24, 2.45) is 0 Å². The van der Waals surface area contributed by atoms with Crippen LogP contribution in [0.3, 0.4) is 0 Å². The van der Waals surface area contributed by atoms with Crippen LogP contribution in [0.5, 0.6) is 0 Å². The first-order valence-electron chi connectivity index (χ1n) is 20.7. The van der Waals surface area contributed by atoms with E-state index < -0.39 is 0 Å². The summed E-state index contributed by atoms with van der Waals surface area (Å²) >= 11 is 0.